The summed E-state index contributed by atoms with van der Waals surface area (Å²) in [6, 6.07) is 11.9. The smallest absolute Gasteiger partial charge is 0.311 e. The molecule has 296 valence electrons. The molecule has 0 saturated carbocycles. The highest BCUT2D eigenvalue weighted by molar-refractivity contribution is 7.94. The Morgan fingerprint density at radius 1 is 0.891 bits per heavy atom. The van der Waals surface area contributed by atoms with Crippen molar-refractivity contribution in [2.24, 2.45) is 0 Å². The summed E-state index contributed by atoms with van der Waals surface area (Å²) >= 11 is 12.9. The summed E-state index contributed by atoms with van der Waals surface area (Å²) in [5.41, 5.74) is 4.31. The number of likely N-dealkylation sites (N-methyl/N-ethyl adjacent to an activating group) is 1. The quantitative estimate of drug-likeness (QED) is 0.0226. The van der Waals surface area contributed by atoms with Crippen LogP contribution in [0.15, 0.2) is 87.1 Å². The number of rotatable bonds is 15. The third kappa shape index (κ3) is 9.14. The van der Waals surface area contributed by atoms with Crippen molar-refractivity contribution in [1.82, 2.24) is 0 Å². The van der Waals surface area contributed by atoms with Crippen molar-refractivity contribution in [2.75, 3.05) is 18.0 Å². The van der Waals surface area contributed by atoms with Crippen molar-refractivity contribution >= 4 is 78.5 Å². The molecule has 2 aliphatic heterocycles. The van der Waals surface area contributed by atoms with Crippen molar-refractivity contribution in [3.05, 3.63) is 93.6 Å². The predicted molar refractivity (Wildman–Crippen MR) is 203 cm³/mol. The summed E-state index contributed by atoms with van der Waals surface area (Å²) in [6.45, 7) is 11.3. The number of fused-ring (bicyclic) bond motifs is 2. The zero-order valence-corrected chi connectivity index (χ0v) is 34.4. The Bertz CT molecular complexity index is 2300. The third-order valence-corrected chi connectivity index (χ3v) is 12.5. The average molecular weight is 854 g/mol. The van der Waals surface area contributed by atoms with Gasteiger partial charge in [0.2, 0.25) is 5.69 Å². The van der Waals surface area contributed by atoms with Crippen molar-refractivity contribution in [3.63, 3.8) is 0 Å². The summed E-state index contributed by atoms with van der Waals surface area (Å²) in [7, 11) is -9.45. The number of anilines is 1. The summed E-state index contributed by atoms with van der Waals surface area (Å²) < 4.78 is 81.6. The van der Waals surface area contributed by atoms with E-state index in [1.165, 1.54) is 12.1 Å². The van der Waals surface area contributed by atoms with E-state index in [0.29, 0.717) is 37.2 Å². The number of carbonyl (C=O) groups excluding carboxylic acids is 1. The molecular weight excluding hydrogens is 816 g/mol. The summed E-state index contributed by atoms with van der Waals surface area (Å²) in [5, 5.41) is 13.5. The fourth-order valence-electron chi connectivity index (χ4n) is 7.04. The number of benzene rings is 3. The maximum Gasteiger partial charge on any atom is 0.311 e. The minimum Gasteiger partial charge on any atom is -0.744 e. The number of unbranched alkanes of at least 4 members (excludes halogenated alkanes) is 2. The second kappa shape index (κ2) is 16.7. The molecule has 2 aliphatic rings. The Labute approximate surface area is 334 Å². The Kier molecular flexibility index (Phi) is 13.0. The first-order valence-electron chi connectivity index (χ1n) is 17.1. The Morgan fingerprint density at radius 2 is 1.56 bits per heavy atom. The molecule has 5 rings (SSSR count). The van der Waals surface area contributed by atoms with E-state index in [1.807, 2.05) is 57.2 Å². The third-order valence-electron chi connectivity index (χ3n) is 9.74. The number of hydrogen-bond donors (Lipinski definition) is 0. The zero-order valence-electron chi connectivity index (χ0n) is 30.5. The number of halogens is 2. The molecular formula is C37H38Cl2N2O11S3-2. The normalized spacial score (nSPS) is 17.0. The van der Waals surface area contributed by atoms with Crippen LogP contribution in [0.25, 0.3) is 0 Å². The minimum atomic E-state index is -4.81. The van der Waals surface area contributed by atoms with Gasteiger partial charge in [-0.15, -0.1) is 0 Å². The molecule has 55 heavy (non-hydrogen) atoms. The fraction of sp³-hybridized carbons (Fsp3) is 0.351. The molecule has 0 atom stereocenters. The highest BCUT2D eigenvalue weighted by atomic mass is 35.5. The lowest BCUT2D eigenvalue weighted by molar-refractivity contribution is -0.777. The lowest BCUT2D eigenvalue weighted by Gasteiger charge is -2.25. The molecule has 0 amide bonds. The van der Waals surface area contributed by atoms with Crippen molar-refractivity contribution in [1.29, 1.82) is 0 Å². The van der Waals surface area contributed by atoms with Crippen LogP contribution >= 0.6 is 35.2 Å². The van der Waals surface area contributed by atoms with Crippen LogP contribution in [0.4, 0.5) is 11.4 Å². The van der Waals surface area contributed by atoms with Crippen LogP contribution in [0.5, 0.6) is 5.75 Å². The number of nitrogens with zero attached hydrogens (tertiary/aromatic N) is 2. The largest absolute Gasteiger partial charge is 0.744 e. The molecule has 0 N–H and O–H groups in total. The van der Waals surface area contributed by atoms with Gasteiger partial charge < -0.3 is 24.0 Å². The number of esters is 1. The SMILES string of the molecule is CCN1/C(=C\C=C\C2=[N+](CCCCCC(=O)Oc3c(Cl)cc(S(=O)(=O)[O-])cc3Cl)c3ccc(SOO[O-])cc3C2(C)C)C(C)(C)c2cc(S(=O)(=O)[O-])ccc21. The molecule has 13 nitrogen and oxygen atoms in total. The van der Waals surface area contributed by atoms with E-state index in [2.05, 4.69) is 32.7 Å². The monoisotopic (exact) mass is 852 g/mol. The maximum absolute atomic E-state index is 12.6. The molecule has 0 spiro atoms. The van der Waals surface area contributed by atoms with Crippen LogP contribution in [-0.2, 0) is 45.2 Å². The molecule has 18 heteroatoms. The van der Waals surface area contributed by atoms with E-state index < -0.39 is 41.9 Å². The minimum absolute atomic E-state index is 0.0249. The van der Waals surface area contributed by atoms with Crippen LogP contribution < -0.4 is 14.9 Å². The van der Waals surface area contributed by atoms with E-state index in [9.17, 15) is 36.0 Å². The number of hydrogen-bond acceptors (Lipinski definition) is 13. The van der Waals surface area contributed by atoms with Gasteiger partial charge in [-0.05, 0) is 87.7 Å². The van der Waals surface area contributed by atoms with Gasteiger partial charge in [0.25, 0.3) is 0 Å². The molecule has 0 aliphatic carbocycles. The van der Waals surface area contributed by atoms with Crippen LogP contribution in [0.2, 0.25) is 10.0 Å². The van der Waals surface area contributed by atoms with Crippen LogP contribution in [0.1, 0.15) is 71.4 Å². The second-order valence-corrected chi connectivity index (χ2v) is 18.3. The van der Waals surface area contributed by atoms with Gasteiger partial charge in [0.05, 0.1) is 37.3 Å². The molecule has 2 heterocycles. The van der Waals surface area contributed by atoms with Gasteiger partial charge in [0.1, 0.15) is 26.8 Å². The lowest BCUT2D eigenvalue weighted by atomic mass is 9.81. The Morgan fingerprint density at radius 3 is 2.18 bits per heavy atom. The number of ether oxygens (including phenoxy) is 1. The summed E-state index contributed by atoms with van der Waals surface area (Å²) in [4.78, 5) is 14.5. The summed E-state index contributed by atoms with van der Waals surface area (Å²) in [6.07, 6.45) is 7.79. The van der Waals surface area contributed by atoms with Gasteiger partial charge in [-0.1, -0.05) is 43.1 Å². The van der Waals surface area contributed by atoms with Crippen LogP contribution in [0.3, 0.4) is 0 Å². The molecule has 0 aromatic heterocycles. The van der Waals surface area contributed by atoms with E-state index in [1.54, 1.807) is 6.07 Å². The van der Waals surface area contributed by atoms with Crippen LogP contribution in [0, 0.1) is 0 Å². The average Bonchev–Trinajstić information content (AvgIpc) is 3.45. The first kappa shape index (κ1) is 42.8. The highest BCUT2D eigenvalue weighted by Gasteiger charge is 2.45. The second-order valence-electron chi connectivity index (χ2n) is 13.9. The van der Waals surface area contributed by atoms with Crippen molar-refractivity contribution in [2.45, 2.75) is 85.8 Å². The van der Waals surface area contributed by atoms with Gasteiger partial charge >= 0.3 is 5.97 Å². The van der Waals surface area contributed by atoms with Gasteiger partial charge in [-0.25, -0.2) is 16.8 Å². The zero-order chi connectivity index (χ0) is 40.5. The maximum atomic E-state index is 12.6. The fourth-order valence-corrected chi connectivity index (χ4v) is 9.15. The van der Waals surface area contributed by atoms with E-state index in [-0.39, 0.29) is 27.1 Å². The molecule has 0 fully saturated rings. The van der Waals surface area contributed by atoms with Crippen LogP contribution in [-0.4, -0.2) is 55.3 Å². The lowest BCUT2D eigenvalue weighted by Crippen LogP contribution is -2.28. The molecule has 3 aromatic carbocycles. The summed E-state index contributed by atoms with van der Waals surface area (Å²) in [5.74, 6) is -0.856. The standard InChI is InChI=1S/C37H40Cl2N2O11S3/c1-6-40-30-17-15-24(54(44,45)46)20-27(30)37(4,5)32(40)11-10-12-33-36(2,3)26-19-23(53-52-51-43)14-16-31(26)41(33)18-9-7-8-13-34(42)50-35-28(38)21-25(22-29(35)39)55(47,48)49/h10-12,14-17,19-22H,6-9,13,18H2,1-5H3,(H2-,43,44,45,46,47,48,49)/p-2. The van der Waals surface area contributed by atoms with E-state index in [4.69, 9.17) is 27.9 Å². The number of allylic oxidation sites excluding steroid dienone is 4. The molecule has 0 saturated heterocycles. The molecule has 3 aromatic rings. The first-order valence-corrected chi connectivity index (χ1v) is 21.4. The molecule has 0 radical (unpaired) electrons. The van der Waals surface area contributed by atoms with Gasteiger partial charge in [0, 0.05) is 58.8 Å². The van der Waals surface area contributed by atoms with E-state index >= 15 is 0 Å². The van der Waals surface area contributed by atoms with Gasteiger partial charge in [-0.2, -0.15) is 8.91 Å². The van der Waals surface area contributed by atoms with Crippen molar-refractivity contribution < 1.29 is 54.7 Å². The van der Waals surface area contributed by atoms with Gasteiger partial charge in [-0.3, -0.25) is 9.83 Å². The first-order chi connectivity index (χ1) is 25.7. The Balaban J connectivity index is 1.36. The van der Waals surface area contributed by atoms with Crippen molar-refractivity contribution in [3.8, 4) is 5.75 Å². The highest BCUT2D eigenvalue weighted by Crippen LogP contribution is 2.48. The molecule has 0 bridgehead atoms. The molecule has 0 unspecified atom stereocenters. The Hall–Kier alpha value is -3.29. The topological polar surface area (TPSA) is 188 Å². The number of carbonyl (C=O) groups is 1. The van der Waals surface area contributed by atoms with Gasteiger partial charge in [0.15, 0.2) is 11.5 Å². The van der Waals surface area contributed by atoms with E-state index in [0.717, 1.165) is 58.1 Å². The predicted octanol–water partition coefficient (Wildman–Crippen LogP) is 6.83.